The summed E-state index contributed by atoms with van der Waals surface area (Å²) in [6.45, 7) is 3.41. The first-order chi connectivity index (χ1) is 11.6. The molecule has 0 bridgehead atoms. The van der Waals surface area contributed by atoms with E-state index in [0.717, 1.165) is 17.7 Å². The minimum Gasteiger partial charge on any atom is -0.299 e. The van der Waals surface area contributed by atoms with Crippen LogP contribution in [-0.4, -0.2) is 33.5 Å². The summed E-state index contributed by atoms with van der Waals surface area (Å²) < 4.78 is 25.9. The molecule has 0 amide bonds. The van der Waals surface area contributed by atoms with E-state index in [4.69, 9.17) is 0 Å². The van der Waals surface area contributed by atoms with Crippen LogP contribution < -0.4 is 4.72 Å². The molecule has 0 atom stereocenters. The standard InChI is InChI=1S/C19H24N2O2S/c1-20-24(22,23)19-11-9-18(10-12-19)17-7-5-16(6-8-17)15-21-13-3-2-4-14-21/h5-12,20H,2-4,13-15H2,1H3. The molecule has 0 aromatic heterocycles. The van der Waals surface area contributed by atoms with Gasteiger partial charge in [-0.15, -0.1) is 0 Å². The Bertz CT molecular complexity index is 762. The van der Waals surface area contributed by atoms with E-state index in [0.29, 0.717) is 0 Å². The molecule has 2 aromatic rings. The first-order valence-corrected chi connectivity index (χ1v) is 9.92. The van der Waals surface area contributed by atoms with Crippen molar-refractivity contribution in [1.82, 2.24) is 9.62 Å². The molecule has 2 aromatic carbocycles. The molecular formula is C19H24N2O2S. The third-order valence-electron chi connectivity index (χ3n) is 4.58. The largest absolute Gasteiger partial charge is 0.299 e. The van der Waals surface area contributed by atoms with Crippen molar-refractivity contribution in [3.05, 3.63) is 54.1 Å². The van der Waals surface area contributed by atoms with E-state index in [9.17, 15) is 8.42 Å². The highest BCUT2D eigenvalue weighted by Gasteiger charge is 2.12. The highest BCUT2D eigenvalue weighted by Crippen LogP contribution is 2.22. The first kappa shape index (κ1) is 17.1. The second kappa shape index (κ2) is 7.47. The molecule has 128 valence electrons. The topological polar surface area (TPSA) is 49.4 Å². The Hall–Kier alpha value is -1.69. The van der Waals surface area contributed by atoms with E-state index in [2.05, 4.69) is 33.9 Å². The van der Waals surface area contributed by atoms with E-state index in [1.165, 1.54) is 45.0 Å². The SMILES string of the molecule is CNS(=O)(=O)c1ccc(-c2ccc(CN3CCCCC3)cc2)cc1. The molecule has 0 spiro atoms. The molecule has 1 fully saturated rings. The zero-order valence-corrected chi connectivity index (χ0v) is 14.8. The van der Waals surface area contributed by atoms with Gasteiger partial charge >= 0.3 is 0 Å². The van der Waals surface area contributed by atoms with Crippen LogP contribution in [0.1, 0.15) is 24.8 Å². The molecule has 0 aliphatic carbocycles. The molecule has 1 saturated heterocycles. The second-order valence-corrected chi connectivity index (χ2v) is 8.15. The number of hydrogen-bond acceptors (Lipinski definition) is 3. The van der Waals surface area contributed by atoms with E-state index in [-0.39, 0.29) is 4.90 Å². The van der Waals surface area contributed by atoms with Crippen LogP contribution in [0.4, 0.5) is 0 Å². The maximum Gasteiger partial charge on any atom is 0.240 e. The van der Waals surface area contributed by atoms with Crippen LogP contribution in [-0.2, 0) is 16.6 Å². The normalized spacial score (nSPS) is 16.2. The van der Waals surface area contributed by atoms with Gasteiger partial charge in [0.1, 0.15) is 0 Å². The van der Waals surface area contributed by atoms with Crippen molar-refractivity contribution < 1.29 is 8.42 Å². The molecule has 24 heavy (non-hydrogen) atoms. The lowest BCUT2D eigenvalue weighted by molar-refractivity contribution is 0.221. The van der Waals surface area contributed by atoms with Gasteiger partial charge in [-0.2, -0.15) is 0 Å². The quantitative estimate of drug-likeness (QED) is 0.906. The summed E-state index contributed by atoms with van der Waals surface area (Å²) in [6.07, 6.45) is 3.97. The van der Waals surface area contributed by atoms with Gasteiger partial charge in [-0.1, -0.05) is 42.8 Å². The molecule has 3 rings (SSSR count). The summed E-state index contributed by atoms with van der Waals surface area (Å²) in [7, 11) is -1.95. The van der Waals surface area contributed by atoms with E-state index in [1.54, 1.807) is 12.1 Å². The van der Waals surface area contributed by atoms with E-state index < -0.39 is 10.0 Å². The Morgan fingerprint density at radius 2 is 1.42 bits per heavy atom. The fraction of sp³-hybridized carbons (Fsp3) is 0.368. The number of benzene rings is 2. The van der Waals surface area contributed by atoms with Crippen molar-refractivity contribution >= 4 is 10.0 Å². The van der Waals surface area contributed by atoms with Gasteiger partial charge in [0, 0.05) is 6.54 Å². The third-order valence-corrected chi connectivity index (χ3v) is 6.01. The third kappa shape index (κ3) is 4.04. The molecule has 0 radical (unpaired) electrons. The summed E-state index contributed by atoms with van der Waals surface area (Å²) >= 11 is 0. The second-order valence-electron chi connectivity index (χ2n) is 6.27. The predicted molar refractivity (Wildman–Crippen MR) is 97.3 cm³/mol. The number of nitrogens with zero attached hydrogens (tertiary/aromatic N) is 1. The molecule has 1 heterocycles. The molecular weight excluding hydrogens is 320 g/mol. The zero-order valence-electron chi connectivity index (χ0n) is 14.0. The number of piperidine rings is 1. The van der Waals surface area contributed by atoms with Crippen molar-refractivity contribution in [3.8, 4) is 11.1 Å². The van der Waals surface area contributed by atoms with Crippen LogP contribution in [0.3, 0.4) is 0 Å². The maximum atomic E-state index is 11.8. The van der Waals surface area contributed by atoms with Crippen LogP contribution in [0.15, 0.2) is 53.4 Å². The Balaban J connectivity index is 1.71. The van der Waals surface area contributed by atoms with E-state index >= 15 is 0 Å². The van der Waals surface area contributed by atoms with Gasteiger partial charge < -0.3 is 0 Å². The molecule has 1 N–H and O–H groups in total. The Labute approximate surface area is 144 Å². The molecule has 1 aliphatic rings. The van der Waals surface area contributed by atoms with E-state index in [1.807, 2.05) is 12.1 Å². The van der Waals surface area contributed by atoms with Gasteiger partial charge in [0.05, 0.1) is 4.90 Å². The van der Waals surface area contributed by atoms with Crippen LogP contribution >= 0.6 is 0 Å². The molecule has 4 nitrogen and oxygen atoms in total. The molecule has 0 saturated carbocycles. The van der Waals surface area contributed by atoms with Gasteiger partial charge in [0.2, 0.25) is 10.0 Å². The highest BCUT2D eigenvalue weighted by molar-refractivity contribution is 7.89. The fourth-order valence-corrected chi connectivity index (χ4v) is 3.85. The van der Waals surface area contributed by atoms with Crippen molar-refractivity contribution in [2.24, 2.45) is 0 Å². The predicted octanol–water partition coefficient (Wildman–Crippen LogP) is 3.25. The maximum absolute atomic E-state index is 11.8. The lowest BCUT2D eigenvalue weighted by atomic mass is 10.0. The minimum atomic E-state index is -3.38. The summed E-state index contributed by atoms with van der Waals surface area (Å²) in [5, 5.41) is 0. The Kier molecular flexibility index (Phi) is 5.33. The number of rotatable bonds is 5. The number of sulfonamides is 1. The number of hydrogen-bond donors (Lipinski definition) is 1. The fourth-order valence-electron chi connectivity index (χ4n) is 3.12. The highest BCUT2D eigenvalue weighted by atomic mass is 32.2. The average Bonchev–Trinajstić information content (AvgIpc) is 2.63. The molecule has 1 aliphatic heterocycles. The van der Waals surface area contributed by atoms with Crippen molar-refractivity contribution in [2.75, 3.05) is 20.1 Å². The average molecular weight is 344 g/mol. The van der Waals surface area contributed by atoms with Crippen molar-refractivity contribution in [1.29, 1.82) is 0 Å². The lowest BCUT2D eigenvalue weighted by Crippen LogP contribution is -2.28. The Morgan fingerprint density at radius 1 is 0.875 bits per heavy atom. The number of nitrogens with one attached hydrogen (secondary N) is 1. The van der Waals surface area contributed by atoms with Crippen LogP contribution in [0.2, 0.25) is 0 Å². The molecule has 5 heteroatoms. The summed E-state index contributed by atoms with van der Waals surface area (Å²) in [4.78, 5) is 2.80. The Morgan fingerprint density at radius 3 is 1.96 bits per heavy atom. The van der Waals surface area contributed by atoms with Crippen LogP contribution in [0, 0.1) is 0 Å². The minimum absolute atomic E-state index is 0.287. The van der Waals surface area contributed by atoms with Gasteiger partial charge in [-0.25, -0.2) is 13.1 Å². The monoisotopic (exact) mass is 344 g/mol. The van der Waals surface area contributed by atoms with Crippen LogP contribution in [0.5, 0.6) is 0 Å². The van der Waals surface area contributed by atoms with Crippen molar-refractivity contribution in [2.45, 2.75) is 30.7 Å². The van der Waals surface area contributed by atoms with Gasteiger partial charge in [0.15, 0.2) is 0 Å². The first-order valence-electron chi connectivity index (χ1n) is 8.44. The lowest BCUT2D eigenvalue weighted by Gasteiger charge is -2.26. The van der Waals surface area contributed by atoms with Gasteiger partial charge in [-0.05, 0) is 61.8 Å². The van der Waals surface area contributed by atoms with Gasteiger partial charge in [-0.3, -0.25) is 4.90 Å². The summed E-state index contributed by atoms with van der Waals surface area (Å²) in [6, 6.07) is 15.5. The van der Waals surface area contributed by atoms with Crippen molar-refractivity contribution in [3.63, 3.8) is 0 Å². The molecule has 0 unspecified atom stereocenters. The number of likely N-dealkylation sites (tertiary alicyclic amines) is 1. The smallest absolute Gasteiger partial charge is 0.240 e. The zero-order chi connectivity index (χ0) is 17.0. The van der Waals surface area contributed by atoms with Crippen LogP contribution in [0.25, 0.3) is 11.1 Å². The van der Waals surface area contributed by atoms with Gasteiger partial charge in [0.25, 0.3) is 0 Å². The summed E-state index contributed by atoms with van der Waals surface area (Å²) in [5.41, 5.74) is 3.45. The summed E-state index contributed by atoms with van der Waals surface area (Å²) in [5.74, 6) is 0.